The summed E-state index contributed by atoms with van der Waals surface area (Å²) in [7, 11) is 0. The molecule has 1 rings (SSSR count). The first-order valence-electron chi connectivity index (χ1n) is 5.74. The molecule has 0 radical (unpaired) electrons. The highest BCUT2D eigenvalue weighted by atomic mass is 16.1. The Bertz CT molecular complexity index is 248. The first-order valence-corrected chi connectivity index (χ1v) is 5.74. The van der Waals surface area contributed by atoms with E-state index in [2.05, 4.69) is 9.98 Å². The second kappa shape index (κ2) is 7.91. The number of carbonyl (C=O) groups is 2. The molecule has 0 bridgehead atoms. The van der Waals surface area contributed by atoms with Gasteiger partial charge in [0.25, 0.3) is 0 Å². The number of aldehydes is 2. The van der Waals surface area contributed by atoms with E-state index in [1.54, 1.807) is 0 Å². The molecule has 16 heavy (non-hydrogen) atoms. The molecule has 0 aliphatic heterocycles. The summed E-state index contributed by atoms with van der Waals surface area (Å²) in [6.07, 6.45) is 8.76. The predicted molar refractivity (Wildman–Crippen MR) is 64.3 cm³/mol. The van der Waals surface area contributed by atoms with Crippen LogP contribution < -0.4 is 0 Å². The summed E-state index contributed by atoms with van der Waals surface area (Å²) in [5.74, 6) is 1.14. The zero-order valence-electron chi connectivity index (χ0n) is 9.42. The third kappa shape index (κ3) is 4.96. The minimum Gasteiger partial charge on any atom is -0.297 e. The Kier molecular flexibility index (Phi) is 6.30. The highest BCUT2D eigenvalue weighted by molar-refractivity contribution is 6.13. The van der Waals surface area contributed by atoms with Gasteiger partial charge in [0.2, 0.25) is 0 Å². The molecule has 2 unspecified atom stereocenters. The van der Waals surface area contributed by atoms with Gasteiger partial charge in [-0.15, -0.1) is 0 Å². The van der Waals surface area contributed by atoms with Gasteiger partial charge in [0, 0.05) is 13.1 Å². The molecule has 4 nitrogen and oxygen atoms in total. The first-order chi connectivity index (χ1) is 7.86. The summed E-state index contributed by atoms with van der Waals surface area (Å²) in [4.78, 5) is 28.3. The average molecular weight is 222 g/mol. The second-order valence-electron chi connectivity index (χ2n) is 4.20. The Balaban J connectivity index is 2.28. The molecule has 0 saturated heterocycles. The van der Waals surface area contributed by atoms with Crippen molar-refractivity contribution in [1.82, 2.24) is 0 Å². The quantitative estimate of drug-likeness (QED) is 0.503. The average Bonchev–Trinajstić information content (AvgIpc) is 2.30. The van der Waals surface area contributed by atoms with Crippen LogP contribution in [-0.4, -0.2) is 38.1 Å². The fourth-order valence-electron chi connectivity index (χ4n) is 2.24. The zero-order chi connectivity index (χ0) is 11.6. The van der Waals surface area contributed by atoms with Crippen molar-refractivity contribution in [2.24, 2.45) is 21.8 Å². The van der Waals surface area contributed by atoms with Crippen LogP contribution in [0.1, 0.15) is 25.7 Å². The maximum atomic E-state index is 10.1. The molecule has 1 fully saturated rings. The standard InChI is InChI=1S/C12H18N2O2/c15-6-4-13-9-11-2-1-3-12(8-11)10-14-5-7-16/h4-7,11-12H,1-3,8-10H2. The van der Waals surface area contributed by atoms with E-state index in [0.29, 0.717) is 24.4 Å². The van der Waals surface area contributed by atoms with Crippen LogP contribution in [0.3, 0.4) is 0 Å². The number of rotatable bonds is 6. The maximum Gasteiger partial charge on any atom is 0.160 e. The Morgan fingerprint density at radius 1 is 0.938 bits per heavy atom. The van der Waals surface area contributed by atoms with Crippen LogP contribution in [0.15, 0.2) is 9.98 Å². The van der Waals surface area contributed by atoms with Crippen molar-refractivity contribution in [2.45, 2.75) is 25.7 Å². The molecule has 0 aromatic heterocycles. The van der Waals surface area contributed by atoms with Crippen molar-refractivity contribution in [1.29, 1.82) is 0 Å². The van der Waals surface area contributed by atoms with Gasteiger partial charge in [-0.25, -0.2) is 0 Å². The molecule has 2 atom stereocenters. The molecule has 0 N–H and O–H groups in total. The third-order valence-corrected chi connectivity index (χ3v) is 2.95. The fraction of sp³-hybridized carbons (Fsp3) is 0.667. The Hall–Kier alpha value is -1.32. The predicted octanol–water partition coefficient (Wildman–Crippen LogP) is 1.33. The highest BCUT2D eigenvalue weighted by Gasteiger charge is 2.20. The van der Waals surface area contributed by atoms with Crippen LogP contribution in [0.25, 0.3) is 0 Å². The van der Waals surface area contributed by atoms with Gasteiger partial charge in [-0.05, 0) is 31.1 Å². The molecule has 0 aromatic rings. The molecule has 0 amide bonds. The van der Waals surface area contributed by atoms with Crippen LogP contribution in [0, 0.1) is 11.8 Å². The molecule has 88 valence electrons. The monoisotopic (exact) mass is 222 g/mol. The second-order valence-corrected chi connectivity index (χ2v) is 4.20. The van der Waals surface area contributed by atoms with E-state index in [9.17, 15) is 9.59 Å². The summed E-state index contributed by atoms with van der Waals surface area (Å²) >= 11 is 0. The van der Waals surface area contributed by atoms with Crippen molar-refractivity contribution in [2.75, 3.05) is 13.1 Å². The number of hydrogen-bond donors (Lipinski definition) is 0. The smallest absolute Gasteiger partial charge is 0.160 e. The molecule has 0 spiro atoms. The lowest BCUT2D eigenvalue weighted by Crippen LogP contribution is -2.20. The molecule has 1 aliphatic carbocycles. The minimum absolute atomic E-state index is 0.571. The van der Waals surface area contributed by atoms with Gasteiger partial charge >= 0.3 is 0 Å². The third-order valence-electron chi connectivity index (χ3n) is 2.95. The van der Waals surface area contributed by atoms with Gasteiger partial charge in [0.15, 0.2) is 12.6 Å². The molecule has 0 aromatic carbocycles. The number of aliphatic imine (C=N–C) groups is 2. The lowest BCUT2D eigenvalue weighted by atomic mass is 9.81. The fourth-order valence-corrected chi connectivity index (χ4v) is 2.24. The Morgan fingerprint density at radius 2 is 1.44 bits per heavy atom. The largest absolute Gasteiger partial charge is 0.297 e. The first kappa shape index (κ1) is 12.7. The minimum atomic E-state index is 0.571. The van der Waals surface area contributed by atoms with Gasteiger partial charge < -0.3 is 0 Å². The van der Waals surface area contributed by atoms with Crippen LogP contribution in [0.5, 0.6) is 0 Å². The number of hydrogen-bond acceptors (Lipinski definition) is 4. The van der Waals surface area contributed by atoms with Crippen molar-refractivity contribution in [3.8, 4) is 0 Å². The lowest BCUT2D eigenvalue weighted by Gasteiger charge is -2.26. The summed E-state index contributed by atoms with van der Waals surface area (Å²) in [5.41, 5.74) is 0. The van der Waals surface area contributed by atoms with Crippen LogP contribution >= 0.6 is 0 Å². The van der Waals surface area contributed by atoms with E-state index < -0.39 is 0 Å². The SMILES string of the molecule is O=CC=NCC1CCCC(CN=CC=O)C1. The van der Waals surface area contributed by atoms with Crippen molar-refractivity contribution in [3.63, 3.8) is 0 Å². The summed E-state index contributed by atoms with van der Waals surface area (Å²) in [6.45, 7) is 1.49. The van der Waals surface area contributed by atoms with Gasteiger partial charge in [-0.3, -0.25) is 19.6 Å². The van der Waals surface area contributed by atoms with Gasteiger partial charge in [0.05, 0.1) is 12.4 Å². The number of carbonyl (C=O) groups excluding carboxylic acids is 2. The van der Waals surface area contributed by atoms with Crippen molar-refractivity contribution < 1.29 is 9.59 Å². The topological polar surface area (TPSA) is 58.9 Å². The lowest BCUT2D eigenvalue weighted by molar-refractivity contribution is -0.103. The van der Waals surface area contributed by atoms with E-state index in [1.807, 2.05) is 0 Å². The summed E-state index contributed by atoms with van der Waals surface area (Å²) in [6, 6.07) is 0. The van der Waals surface area contributed by atoms with Crippen LogP contribution in [0.2, 0.25) is 0 Å². The molecular weight excluding hydrogens is 204 g/mol. The molecular formula is C12H18N2O2. The molecule has 4 heteroatoms. The van der Waals surface area contributed by atoms with Gasteiger partial charge in [0.1, 0.15) is 0 Å². The Morgan fingerprint density at radius 3 is 1.88 bits per heavy atom. The van der Waals surface area contributed by atoms with E-state index >= 15 is 0 Å². The number of nitrogens with zero attached hydrogens (tertiary/aromatic N) is 2. The highest BCUT2D eigenvalue weighted by Crippen LogP contribution is 2.29. The maximum absolute atomic E-state index is 10.1. The molecule has 1 aliphatic rings. The van der Waals surface area contributed by atoms with Gasteiger partial charge in [-0.1, -0.05) is 6.42 Å². The van der Waals surface area contributed by atoms with Crippen molar-refractivity contribution >= 4 is 25.0 Å². The van der Waals surface area contributed by atoms with Crippen LogP contribution in [-0.2, 0) is 9.59 Å². The molecule has 0 heterocycles. The summed E-state index contributed by atoms with van der Waals surface area (Å²) in [5, 5.41) is 0. The van der Waals surface area contributed by atoms with Crippen LogP contribution in [0.4, 0.5) is 0 Å². The van der Waals surface area contributed by atoms with E-state index in [0.717, 1.165) is 19.5 Å². The van der Waals surface area contributed by atoms with E-state index in [1.165, 1.54) is 31.7 Å². The molecule has 1 saturated carbocycles. The van der Waals surface area contributed by atoms with E-state index in [4.69, 9.17) is 0 Å². The normalized spacial score (nSPS) is 26.2. The Labute approximate surface area is 95.9 Å². The van der Waals surface area contributed by atoms with Gasteiger partial charge in [-0.2, -0.15) is 0 Å². The van der Waals surface area contributed by atoms with Crippen molar-refractivity contribution in [3.05, 3.63) is 0 Å². The zero-order valence-corrected chi connectivity index (χ0v) is 9.42. The summed E-state index contributed by atoms with van der Waals surface area (Å²) < 4.78 is 0. The van der Waals surface area contributed by atoms with E-state index in [-0.39, 0.29) is 0 Å².